The van der Waals surface area contributed by atoms with Crippen LogP contribution < -0.4 is 24.4 Å². The number of aromatic nitrogens is 1. The van der Waals surface area contributed by atoms with Crippen molar-refractivity contribution in [2.75, 3.05) is 0 Å². The van der Waals surface area contributed by atoms with Crippen LogP contribution in [-0.4, -0.2) is 4.98 Å². The summed E-state index contributed by atoms with van der Waals surface area (Å²) >= 11 is 0. The molecule has 0 atom stereocenters. The Kier molecular flexibility index (Phi) is 2.75. The van der Waals surface area contributed by atoms with Gasteiger partial charge in [0.2, 0.25) is 5.56 Å². The van der Waals surface area contributed by atoms with Gasteiger partial charge in [0.1, 0.15) is 0 Å². The van der Waals surface area contributed by atoms with Crippen LogP contribution in [0.2, 0.25) is 0 Å². The number of H-pyrrole nitrogens is 1. The smallest absolute Gasteiger partial charge is 1.00 e. The van der Waals surface area contributed by atoms with E-state index in [2.05, 4.69) is 4.98 Å². The molecule has 0 aliphatic carbocycles. The Balaban J connectivity index is 0.000000720. The predicted molar refractivity (Wildman–Crippen MR) is 45.7 cm³/mol. The predicted octanol–water partition coefficient (Wildman–Crippen LogP) is -1.36. The minimum Gasteiger partial charge on any atom is -1.00 e. The fourth-order valence-corrected chi connectivity index (χ4v) is 1.10. The third kappa shape index (κ3) is 1.61. The molecule has 0 aliphatic rings. The summed E-state index contributed by atoms with van der Waals surface area (Å²) in [5.41, 5.74) is 0.837. The zero-order chi connectivity index (χ0) is 7.68. The molecular weight excluding hydrogens is 145 g/mol. The van der Waals surface area contributed by atoms with Gasteiger partial charge in [0.05, 0.1) is 0 Å². The van der Waals surface area contributed by atoms with Gasteiger partial charge in [0.25, 0.3) is 0 Å². The van der Waals surface area contributed by atoms with Gasteiger partial charge in [0.15, 0.2) is 0 Å². The SMILES string of the molecule is O=c1ccc2ccccc2[nH]1.[H-].[Li+]. The van der Waals surface area contributed by atoms with Crippen molar-refractivity contribution in [1.82, 2.24) is 4.98 Å². The van der Waals surface area contributed by atoms with E-state index in [9.17, 15) is 4.79 Å². The number of pyridine rings is 1. The molecule has 12 heavy (non-hydrogen) atoms. The summed E-state index contributed by atoms with van der Waals surface area (Å²) in [6.45, 7) is 0. The average molecular weight is 153 g/mol. The molecule has 1 aromatic carbocycles. The van der Waals surface area contributed by atoms with Gasteiger partial charge < -0.3 is 6.41 Å². The van der Waals surface area contributed by atoms with E-state index in [1.165, 1.54) is 6.07 Å². The third-order valence-electron chi connectivity index (χ3n) is 1.63. The molecule has 3 heteroatoms. The quantitative estimate of drug-likeness (QED) is 0.466. The van der Waals surface area contributed by atoms with Gasteiger partial charge in [-0.15, -0.1) is 0 Å². The molecule has 0 unspecified atom stereocenters. The van der Waals surface area contributed by atoms with E-state index in [1.807, 2.05) is 30.3 Å². The molecular formula is C9H8LiNO. The number of aromatic amines is 1. The normalized spacial score (nSPS) is 9.33. The Labute approximate surface area is 83.3 Å². The molecule has 0 saturated carbocycles. The number of hydrogen-bond acceptors (Lipinski definition) is 1. The number of fused-ring (bicyclic) bond motifs is 1. The fourth-order valence-electron chi connectivity index (χ4n) is 1.10. The molecule has 56 valence electrons. The number of nitrogens with one attached hydrogen (secondary N) is 1. The first-order chi connectivity index (χ1) is 5.36. The molecule has 0 amide bonds. The largest absolute Gasteiger partial charge is 1.00 e. The van der Waals surface area contributed by atoms with Gasteiger partial charge in [-0.1, -0.05) is 18.2 Å². The van der Waals surface area contributed by atoms with Crippen LogP contribution in [0.4, 0.5) is 0 Å². The fraction of sp³-hybridized carbons (Fsp3) is 0. The molecule has 0 bridgehead atoms. The van der Waals surface area contributed by atoms with Crippen LogP contribution in [0.3, 0.4) is 0 Å². The average Bonchev–Trinajstić information content (AvgIpc) is 2.04. The van der Waals surface area contributed by atoms with E-state index in [0.717, 1.165) is 10.9 Å². The maximum Gasteiger partial charge on any atom is 1.00 e. The van der Waals surface area contributed by atoms with Crippen molar-refractivity contribution in [3.63, 3.8) is 0 Å². The van der Waals surface area contributed by atoms with E-state index in [0.29, 0.717) is 0 Å². The summed E-state index contributed by atoms with van der Waals surface area (Å²) in [6.07, 6.45) is 0. The van der Waals surface area contributed by atoms with Crippen molar-refractivity contribution in [3.05, 3.63) is 46.8 Å². The molecule has 1 N–H and O–H groups in total. The molecule has 0 spiro atoms. The first kappa shape index (κ1) is 9.12. The zero-order valence-electron chi connectivity index (χ0n) is 7.87. The Morgan fingerprint density at radius 3 is 2.67 bits per heavy atom. The first-order valence-electron chi connectivity index (χ1n) is 3.44. The van der Waals surface area contributed by atoms with Gasteiger partial charge in [-0.3, -0.25) is 4.79 Å². The Morgan fingerprint density at radius 1 is 1.08 bits per heavy atom. The van der Waals surface area contributed by atoms with E-state index in [4.69, 9.17) is 0 Å². The number of hydrogen-bond donors (Lipinski definition) is 1. The van der Waals surface area contributed by atoms with Crippen LogP contribution in [0.5, 0.6) is 0 Å². The molecule has 2 nitrogen and oxygen atoms in total. The maximum absolute atomic E-state index is 10.8. The summed E-state index contributed by atoms with van der Waals surface area (Å²) in [7, 11) is 0. The maximum atomic E-state index is 10.8. The van der Waals surface area contributed by atoms with Gasteiger partial charge in [-0.25, -0.2) is 0 Å². The molecule has 1 heterocycles. The summed E-state index contributed by atoms with van der Waals surface area (Å²) in [6, 6.07) is 11.0. The minimum absolute atomic E-state index is 0. The Morgan fingerprint density at radius 2 is 1.83 bits per heavy atom. The number of rotatable bonds is 0. The summed E-state index contributed by atoms with van der Waals surface area (Å²) in [4.78, 5) is 13.6. The van der Waals surface area contributed by atoms with Gasteiger partial charge in [-0.05, 0) is 17.5 Å². The Bertz CT molecular complexity index is 441. The van der Waals surface area contributed by atoms with Gasteiger partial charge >= 0.3 is 18.9 Å². The summed E-state index contributed by atoms with van der Waals surface area (Å²) < 4.78 is 0. The Hall–Kier alpha value is -0.973. The molecule has 0 radical (unpaired) electrons. The van der Waals surface area contributed by atoms with E-state index in [-0.39, 0.29) is 25.8 Å². The summed E-state index contributed by atoms with van der Waals surface area (Å²) in [5, 5.41) is 1.06. The van der Waals surface area contributed by atoms with Crippen LogP contribution in [0.15, 0.2) is 41.2 Å². The zero-order valence-corrected chi connectivity index (χ0v) is 6.87. The second-order valence-electron chi connectivity index (χ2n) is 2.41. The molecule has 0 fully saturated rings. The van der Waals surface area contributed by atoms with E-state index in [1.54, 1.807) is 0 Å². The molecule has 0 saturated heterocycles. The van der Waals surface area contributed by atoms with Crippen molar-refractivity contribution in [2.45, 2.75) is 0 Å². The van der Waals surface area contributed by atoms with Crippen molar-refractivity contribution in [1.29, 1.82) is 0 Å². The monoisotopic (exact) mass is 153 g/mol. The van der Waals surface area contributed by atoms with Crippen molar-refractivity contribution < 1.29 is 20.3 Å². The van der Waals surface area contributed by atoms with Crippen molar-refractivity contribution in [3.8, 4) is 0 Å². The van der Waals surface area contributed by atoms with E-state index >= 15 is 0 Å². The van der Waals surface area contributed by atoms with Crippen LogP contribution in [0.1, 0.15) is 1.43 Å². The van der Waals surface area contributed by atoms with E-state index < -0.39 is 0 Å². The van der Waals surface area contributed by atoms with Crippen LogP contribution in [-0.2, 0) is 0 Å². The second-order valence-corrected chi connectivity index (χ2v) is 2.41. The molecule has 2 aromatic rings. The minimum atomic E-state index is -0.0521. The number of para-hydroxylation sites is 1. The van der Waals surface area contributed by atoms with Crippen molar-refractivity contribution >= 4 is 10.9 Å². The van der Waals surface area contributed by atoms with Gasteiger partial charge in [0, 0.05) is 11.6 Å². The van der Waals surface area contributed by atoms with Crippen LogP contribution in [0, 0.1) is 0 Å². The van der Waals surface area contributed by atoms with Gasteiger partial charge in [-0.2, -0.15) is 0 Å². The third-order valence-corrected chi connectivity index (χ3v) is 1.63. The number of benzene rings is 1. The first-order valence-corrected chi connectivity index (χ1v) is 3.44. The van der Waals surface area contributed by atoms with Crippen LogP contribution in [0.25, 0.3) is 10.9 Å². The topological polar surface area (TPSA) is 32.9 Å². The standard InChI is InChI=1S/C9H7NO.Li.H/c11-9-6-5-7-3-1-2-4-8(7)10-9;;/h1-6H,(H,10,11);;/q;+1;-1. The second kappa shape index (κ2) is 3.62. The molecule has 1 aromatic heterocycles. The van der Waals surface area contributed by atoms with Crippen LogP contribution >= 0.6 is 0 Å². The molecule has 0 aliphatic heterocycles. The molecule has 2 rings (SSSR count). The summed E-state index contributed by atoms with van der Waals surface area (Å²) in [5.74, 6) is 0. The van der Waals surface area contributed by atoms with Crippen molar-refractivity contribution in [2.24, 2.45) is 0 Å².